The van der Waals surface area contributed by atoms with Gasteiger partial charge in [-0.1, -0.05) is 0 Å². The van der Waals surface area contributed by atoms with Crippen LogP contribution >= 0.6 is 0 Å². The third kappa shape index (κ3) is 2.65. The number of hydrogen-bond donors (Lipinski definition) is 3. The molecule has 0 atom stereocenters. The van der Waals surface area contributed by atoms with Crippen LogP contribution in [0.15, 0.2) is 0 Å². The number of rotatable bonds is 5. The van der Waals surface area contributed by atoms with E-state index in [1.807, 2.05) is 6.92 Å². The van der Waals surface area contributed by atoms with Gasteiger partial charge in [0.25, 0.3) is 0 Å². The summed E-state index contributed by atoms with van der Waals surface area (Å²) in [5.41, 5.74) is 5.71. The summed E-state index contributed by atoms with van der Waals surface area (Å²) in [6.07, 6.45) is 0. The molecule has 0 saturated carbocycles. The summed E-state index contributed by atoms with van der Waals surface area (Å²) in [4.78, 5) is 22.1. The molecule has 4 N–H and O–H groups in total. The first-order valence-corrected chi connectivity index (χ1v) is 4.91. The van der Waals surface area contributed by atoms with Crippen LogP contribution < -0.4 is 11.1 Å². The van der Waals surface area contributed by atoms with Gasteiger partial charge in [0.2, 0.25) is 0 Å². The lowest BCUT2D eigenvalue weighted by Gasteiger charge is -2.01. The number of nitrogen functional groups attached to an aromatic ring is 1. The minimum absolute atomic E-state index is 0.0322. The maximum absolute atomic E-state index is 11.5. The van der Waals surface area contributed by atoms with Gasteiger partial charge in [0.1, 0.15) is 17.9 Å². The summed E-state index contributed by atoms with van der Waals surface area (Å²) in [5.74, 6) is -1.57. The highest BCUT2D eigenvalue weighted by Gasteiger charge is 2.23. The van der Waals surface area contributed by atoms with Crippen LogP contribution in [0.25, 0.3) is 0 Å². The molecule has 1 rings (SSSR count). The molecule has 1 heterocycles. The van der Waals surface area contributed by atoms with Gasteiger partial charge >= 0.3 is 11.9 Å². The molecule has 94 valence electrons. The van der Waals surface area contributed by atoms with Crippen LogP contribution in [0.5, 0.6) is 0 Å². The summed E-state index contributed by atoms with van der Waals surface area (Å²) in [7, 11) is 1.21. The molecule has 0 aliphatic rings. The summed E-state index contributed by atoms with van der Waals surface area (Å²) >= 11 is 0. The molecule has 0 spiro atoms. The number of carboxylic acids is 1. The maximum Gasteiger partial charge on any atom is 0.345 e. The predicted octanol–water partition coefficient (Wildman–Crippen LogP) is -0.232. The number of carboxylic acid groups (broad SMARTS) is 1. The highest BCUT2D eigenvalue weighted by Crippen LogP contribution is 2.22. The fourth-order valence-electron chi connectivity index (χ4n) is 1.32. The molecule has 0 fully saturated rings. The topological polar surface area (TPSA) is 119 Å². The van der Waals surface area contributed by atoms with Crippen molar-refractivity contribution in [3.05, 3.63) is 5.56 Å². The molecule has 0 aliphatic carbocycles. The van der Waals surface area contributed by atoms with E-state index in [-0.39, 0.29) is 17.2 Å². The average molecular weight is 242 g/mol. The third-order valence-corrected chi connectivity index (χ3v) is 2.01. The lowest BCUT2D eigenvalue weighted by Crippen LogP contribution is -2.13. The molecule has 0 aromatic carbocycles. The molecule has 0 amide bonds. The standard InChI is InChI=1S/C9H14N4O4/c1-3-11-8-6(9(16)17-2)7(10)13(12-8)4-5(14)15/h3-4,10H2,1-2H3,(H,11,12)(H,14,15). The molecule has 0 unspecified atom stereocenters. The molecule has 0 aliphatic heterocycles. The van der Waals surface area contributed by atoms with Crippen molar-refractivity contribution in [1.82, 2.24) is 9.78 Å². The minimum Gasteiger partial charge on any atom is -0.480 e. The molecule has 1 aromatic rings. The predicted molar refractivity (Wildman–Crippen MR) is 59.8 cm³/mol. The second kappa shape index (κ2) is 5.19. The van der Waals surface area contributed by atoms with Gasteiger partial charge in [-0.25, -0.2) is 9.48 Å². The zero-order chi connectivity index (χ0) is 13.0. The van der Waals surface area contributed by atoms with Gasteiger partial charge in [0.15, 0.2) is 5.82 Å². The number of carbonyl (C=O) groups excluding carboxylic acids is 1. The van der Waals surface area contributed by atoms with Crippen molar-refractivity contribution in [2.45, 2.75) is 13.5 Å². The van der Waals surface area contributed by atoms with Crippen molar-refractivity contribution in [2.75, 3.05) is 24.7 Å². The van der Waals surface area contributed by atoms with Crippen molar-refractivity contribution in [3.63, 3.8) is 0 Å². The van der Waals surface area contributed by atoms with E-state index in [2.05, 4.69) is 15.2 Å². The average Bonchev–Trinajstić information content (AvgIpc) is 2.55. The van der Waals surface area contributed by atoms with Crippen molar-refractivity contribution in [3.8, 4) is 0 Å². The second-order valence-corrected chi connectivity index (χ2v) is 3.18. The molecule has 8 nitrogen and oxygen atoms in total. The van der Waals surface area contributed by atoms with E-state index in [0.717, 1.165) is 4.68 Å². The molecule has 8 heteroatoms. The maximum atomic E-state index is 11.5. The van der Waals surface area contributed by atoms with Crippen LogP contribution in [-0.4, -0.2) is 40.5 Å². The van der Waals surface area contributed by atoms with Crippen LogP contribution in [0.3, 0.4) is 0 Å². The fraction of sp³-hybridized carbons (Fsp3) is 0.444. The minimum atomic E-state index is -1.10. The molecule has 0 radical (unpaired) electrons. The summed E-state index contributed by atoms with van der Waals surface area (Å²) in [6.45, 7) is 1.92. The van der Waals surface area contributed by atoms with Gasteiger partial charge in [-0.05, 0) is 6.92 Å². The first-order chi connectivity index (χ1) is 8.01. The van der Waals surface area contributed by atoms with Gasteiger partial charge in [0.05, 0.1) is 7.11 Å². The number of aromatic nitrogens is 2. The third-order valence-electron chi connectivity index (χ3n) is 2.01. The molecular formula is C9H14N4O4. The fourth-order valence-corrected chi connectivity index (χ4v) is 1.32. The number of aliphatic carboxylic acids is 1. The number of ether oxygens (including phenoxy) is 1. The number of hydrogen-bond acceptors (Lipinski definition) is 6. The molecule has 0 bridgehead atoms. The Labute approximate surface area is 97.3 Å². The summed E-state index contributed by atoms with van der Waals surface area (Å²) < 4.78 is 5.60. The quantitative estimate of drug-likeness (QED) is 0.610. The zero-order valence-corrected chi connectivity index (χ0v) is 9.56. The summed E-state index contributed by atoms with van der Waals surface area (Å²) in [5, 5.41) is 15.4. The van der Waals surface area contributed by atoms with Crippen molar-refractivity contribution >= 4 is 23.6 Å². The van der Waals surface area contributed by atoms with E-state index < -0.39 is 18.5 Å². The van der Waals surface area contributed by atoms with E-state index in [1.165, 1.54) is 7.11 Å². The Hall–Kier alpha value is -2.25. The summed E-state index contributed by atoms with van der Waals surface area (Å²) in [6, 6.07) is 0. The number of nitrogens with one attached hydrogen (secondary N) is 1. The Morgan fingerprint density at radius 3 is 2.71 bits per heavy atom. The molecule has 1 aromatic heterocycles. The van der Waals surface area contributed by atoms with Gasteiger partial charge in [-0.2, -0.15) is 5.10 Å². The monoisotopic (exact) mass is 242 g/mol. The number of anilines is 2. The van der Waals surface area contributed by atoms with Crippen LogP contribution in [0.4, 0.5) is 11.6 Å². The van der Waals surface area contributed by atoms with Crippen LogP contribution in [0.2, 0.25) is 0 Å². The van der Waals surface area contributed by atoms with Gasteiger partial charge in [-0.15, -0.1) is 0 Å². The van der Waals surface area contributed by atoms with Gasteiger partial charge in [0, 0.05) is 6.54 Å². The normalized spacial score (nSPS) is 10.0. The molecule has 0 saturated heterocycles. The number of nitrogens with two attached hydrogens (primary N) is 1. The first-order valence-electron chi connectivity index (χ1n) is 4.91. The number of esters is 1. The largest absolute Gasteiger partial charge is 0.480 e. The van der Waals surface area contributed by atoms with E-state index in [9.17, 15) is 9.59 Å². The van der Waals surface area contributed by atoms with E-state index in [0.29, 0.717) is 6.54 Å². The van der Waals surface area contributed by atoms with Crippen molar-refractivity contribution < 1.29 is 19.4 Å². The zero-order valence-electron chi connectivity index (χ0n) is 9.56. The number of carbonyl (C=O) groups is 2. The van der Waals surface area contributed by atoms with Crippen LogP contribution in [0, 0.1) is 0 Å². The second-order valence-electron chi connectivity index (χ2n) is 3.18. The molecule has 17 heavy (non-hydrogen) atoms. The highest BCUT2D eigenvalue weighted by atomic mass is 16.5. The van der Waals surface area contributed by atoms with E-state index in [4.69, 9.17) is 10.8 Å². The Bertz CT molecular complexity index is 440. The van der Waals surface area contributed by atoms with Crippen LogP contribution in [-0.2, 0) is 16.1 Å². The van der Waals surface area contributed by atoms with Crippen LogP contribution in [0.1, 0.15) is 17.3 Å². The van der Waals surface area contributed by atoms with Gasteiger partial charge < -0.3 is 20.9 Å². The van der Waals surface area contributed by atoms with E-state index >= 15 is 0 Å². The lowest BCUT2D eigenvalue weighted by atomic mass is 10.3. The Balaban J connectivity index is 3.19. The van der Waals surface area contributed by atoms with Crippen molar-refractivity contribution in [1.29, 1.82) is 0 Å². The molecular weight excluding hydrogens is 228 g/mol. The SMILES string of the molecule is CCNc1nn(CC(=O)O)c(N)c1C(=O)OC. The van der Waals surface area contributed by atoms with Gasteiger partial charge in [-0.3, -0.25) is 4.79 Å². The highest BCUT2D eigenvalue weighted by molar-refractivity contribution is 5.99. The smallest absolute Gasteiger partial charge is 0.345 e. The first kappa shape index (κ1) is 12.8. The lowest BCUT2D eigenvalue weighted by molar-refractivity contribution is -0.137. The number of nitrogens with zero attached hydrogens (tertiary/aromatic N) is 2. The Morgan fingerprint density at radius 2 is 2.24 bits per heavy atom. The Kier molecular flexibility index (Phi) is 3.91. The number of methoxy groups -OCH3 is 1. The van der Waals surface area contributed by atoms with Crippen molar-refractivity contribution in [2.24, 2.45) is 0 Å². The Morgan fingerprint density at radius 1 is 1.59 bits per heavy atom. The van der Waals surface area contributed by atoms with E-state index in [1.54, 1.807) is 0 Å².